The third-order valence-corrected chi connectivity index (χ3v) is 5.39. The Morgan fingerprint density at radius 3 is 1.96 bits per heavy atom. The minimum absolute atomic E-state index is 0.0593. The van der Waals surface area contributed by atoms with Crippen LogP contribution >= 0.6 is 0 Å². The van der Waals surface area contributed by atoms with Crippen molar-refractivity contribution >= 4 is 5.91 Å². The van der Waals surface area contributed by atoms with Gasteiger partial charge in [-0.05, 0) is 67.9 Å². The number of amides is 1. The molecule has 1 aliphatic rings. The average molecular weight is 383 g/mol. The van der Waals surface area contributed by atoms with Gasteiger partial charge in [0.2, 0.25) is 0 Å². The number of nitrogens with zero attached hydrogens (tertiary/aromatic N) is 1. The molecule has 1 aliphatic heterocycles. The predicted octanol–water partition coefficient (Wildman–Crippen LogP) is 4.05. The van der Waals surface area contributed by atoms with Crippen LogP contribution in [-0.4, -0.2) is 44.7 Å². The molecule has 0 radical (unpaired) electrons. The third-order valence-electron chi connectivity index (χ3n) is 5.39. The smallest absolute Gasteiger partial charge is 0.251 e. The first kappa shape index (κ1) is 20.2. The zero-order chi connectivity index (χ0) is 19.8. The molecule has 0 bridgehead atoms. The van der Waals surface area contributed by atoms with Gasteiger partial charge in [0.15, 0.2) is 0 Å². The maximum absolute atomic E-state index is 12.6. The summed E-state index contributed by atoms with van der Waals surface area (Å²) in [4.78, 5) is 15.1. The van der Waals surface area contributed by atoms with E-state index in [-0.39, 0.29) is 11.9 Å². The van der Waals surface area contributed by atoms with E-state index < -0.39 is 0 Å². The second-order valence-corrected chi connectivity index (χ2v) is 7.18. The molecular formula is C23H30N2O3. The summed E-state index contributed by atoms with van der Waals surface area (Å²) in [5.41, 5.74) is 1.85. The number of nitrogens with one attached hydrogen (secondary N) is 1. The van der Waals surface area contributed by atoms with Crippen LogP contribution in [0.1, 0.15) is 47.6 Å². The van der Waals surface area contributed by atoms with Gasteiger partial charge in [0, 0.05) is 12.1 Å². The maximum atomic E-state index is 12.6. The fourth-order valence-corrected chi connectivity index (χ4v) is 3.72. The lowest BCUT2D eigenvalue weighted by Crippen LogP contribution is -2.38. The van der Waals surface area contributed by atoms with Gasteiger partial charge in [-0.15, -0.1) is 0 Å². The summed E-state index contributed by atoms with van der Waals surface area (Å²) in [6, 6.07) is 15.6. The molecule has 0 aliphatic carbocycles. The van der Waals surface area contributed by atoms with Gasteiger partial charge >= 0.3 is 0 Å². The quantitative estimate of drug-likeness (QED) is 0.785. The summed E-state index contributed by atoms with van der Waals surface area (Å²) in [6.07, 6.45) is 4.98. The van der Waals surface area contributed by atoms with Gasteiger partial charge in [-0.1, -0.05) is 25.0 Å². The van der Waals surface area contributed by atoms with Crippen LogP contribution in [0.4, 0.5) is 0 Å². The Bertz CT molecular complexity index is 735. The molecule has 1 fully saturated rings. The number of hydrogen-bond acceptors (Lipinski definition) is 4. The molecule has 1 amide bonds. The van der Waals surface area contributed by atoms with E-state index in [1.54, 1.807) is 26.4 Å². The Balaban J connectivity index is 1.72. The van der Waals surface area contributed by atoms with E-state index in [1.807, 2.05) is 24.3 Å². The summed E-state index contributed by atoms with van der Waals surface area (Å²) in [5, 5.41) is 3.13. The molecule has 28 heavy (non-hydrogen) atoms. The zero-order valence-electron chi connectivity index (χ0n) is 16.8. The highest BCUT2D eigenvalue weighted by Crippen LogP contribution is 2.25. The fourth-order valence-electron chi connectivity index (χ4n) is 3.72. The van der Waals surface area contributed by atoms with Crippen LogP contribution in [0.25, 0.3) is 0 Å². The van der Waals surface area contributed by atoms with Crippen molar-refractivity contribution in [2.24, 2.45) is 0 Å². The number of methoxy groups -OCH3 is 2. The van der Waals surface area contributed by atoms with Crippen LogP contribution in [0.3, 0.4) is 0 Å². The molecule has 150 valence electrons. The number of rotatable bonds is 7. The molecule has 2 aromatic carbocycles. The summed E-state index contributed by atoms with van der Waals surface area (Å²) >= 11 is 0. The summed E-state index contributed by atoms with van der Waals surface area (Å²) < 4.78 is 10.5. The molecule has 0 unspecified atom stereocenters. The van der Waals surface area contributed by atoms with Gasteiger partial charge in [0.25, 0.3) is 5.91 Å². The van der Waals surface area contributed by atoms with Crippen molar-refractivity contribution < 1.29 is 14.3 Å². The van der Waals surface area contributed by atoms with Gasteiger partial charge in [-0.25, -0.2) is 0 Å². The lowest BCUT2D eigenvalue weighted by molar-refractivity contribution is 0.0933. The Kier molecular flexibility index (Phi) is 7.31. The molecule has 0 aromatic heterocycles. The van der Waals surface area contributed by atoms with E-state index in [2.05, 4.69) is 22.3 Å². The highest BCUT2D eigenvalue weighted by atomic mass is 16.5. The van der Waals surface area contributed by atoms with Gasteiger partial charge in [0.05, 0.1) is 20.3 Å². The number of carbonyl (C=O) groups is 1. The van der Waals surface area contributed by atoms with E-state index >= 15 is 0 Å². The van der Waals surface area contributed by atoms with Crippen molar-refractivity contribution in [3.63, 3.8) is 0 Å². The topological polar surface area (TPSA) is 50.8 Å². The van der Waals surface area contributed by atoms with Gasteiger partial charge in [-0.2, -0.15) is 0 Å². The molecular weight excluding hydrogens is 352 g/mol. The highest BCUT2D eigenvalue weighted by molar-refractivity contribution is 5.94. The monoisotopic (exact) mass is 382 g/mol. The highest BCUT2D eigenvalue weighted by Gasteiger charge is 2.22. The standard InChI is InChI=1S/C23H30N2O3/c1-27-20-11-7-18(8-12-20)22(25-15-5-3-4-6-16-25)17-24-23(26)19-9-13-21(28-2)14-10-19/h7-14,22H,3-6,15-17H2,1-2H3,(H,24,26)/t22-/m0/s1. The summed E-state index contributed by atoms with van der Waals surface area (Å²) in [5.74, 6) is 1.54. The first-order valence-corrected chi connectivity index (χ1v) is 10.0. The predicted molar refractivity (Wildman–Crippen MR) is 111 cm³/mol. The van der Waals surface area contributed by atoms with Crippen molar-refractivity contribution in [2.75, 3.05) is 33.9 Å². The average Bonchev–Trinajstić information content (AvgIpc) is 3.04. The molecule has 1 saturated heterocycles. The molecule has 1 heterocycles. The van der Waals surface area contributed by atoms with Crippen molar-refractivity contribution in [1.29, 1.82) is 0 Å². The molecule has 3 rings (SSSR count). The van der Waals surface area contributed by atoms with Gasteiger partial charge in [-0.3, -0.25) is 9.69 Å². The lowest BCUT2D eigenvalue weighted by Gasteiger charge is -2.31. The largest absolute Gasteiger partial charge is 0.497 e. The van der Waals surface area contributed by atoms with Crippen molar-refractivity contribution in [2.45, 2.75) is 31.7 Å². The molecule has 1 atom stereocenters. The number of likely N-dealkylation sites (tertiary alicyclic amines) is 1. The minimum atomic E-state index is -0.0593. The van der Waals surface area contributed by atoms with Gasteiger partial charge < -0.3 is 14.8 Å². The number of ether oxygens (including phenoxy) is 2. The van der Waals surface area contributed by atoms with Crippen LogP contribution in [0.15, 0.2) is 48.5 Å². The zero-order valence-corrected chi connectivity index (χ0v) is 16.8. The second-order valence-electron chi connectivity index (χ2n) is 7.18. The Morgan fingerprint density at radius 2 is 1.43 bits per heavy atom. The molecule has 5 nitrogen and oxygen atoms in total. The van der Waals surface area contributed by atoms with E-state index in [0.717, 1.165) is 24.6 Å². The first-order valence-electron chi connectivity index (χ1n) is 10.0. The molecule has 2 aromatic rings. The number of benzene rings is 2. The lowest BCUT2D eigenvalue weighted by atomic mass is 10.0. The van der Waals surface area contributed by atoms with E-state index in [0.29, 0.717) is 12.1 Å². The number of hydrogen-bond donors (Lipinski definition) is 1. The van der Waals surface area contributed by atoms with Crippen molar-refractivity contribution in [3.8, 4) is 11.5 Å². The molecule has 1 N–H and O–H groups in total. The second kappa shape index (κ2) is 10.1. The van der Waals surface area contributed by atoms with E-state index in [1.165, 1.54) is 31.2 Å². The third kappa shape index (κ3) is 5.26. The molecule has 0 spiro atoms. The Labute approximate surface area is 167 Å². The van der Waals surface area contributed by atoms with Crippen molar-refractivity contribution in [3.05, 3.63) is 59.7 Å². The van der Waals surface area contributed by atoms with Crippen LogP contribution < -0.4 is 14.8 Å². The van der Waals surface area contributed by atoms with Crippen LogP contribution in [0.2, 0.25) is 0 Å². The van der Waals surface area contributed by atoms with E-state index in [9.17, 15) is 4.79 Å². The van der Waals surface area contributed by atoms with Crippen LogP contribution in [-0.2, 0) is 0 Å². The fraction of sp³-hybridized carbons (Fsp3) is 0.435. The van der Waals surface area contributed by atoms with Gasteiger partial charge in [0.1, 0.15) is 11.5 Å². The Morgan fingerprint density at radius 1 is 0.893 bits per heavy atom. The number of carbonyl (C=O) groups excluding carboxylic acids is 1. The first-order chi connectivity index (χ1) is 13.7. The van der Waals surface area contributed by atoms with Crippen molar-refractivity contribution in [1.82, 2.24) is 10.2 Å². The molecule has 0 saturated carbocycles. The Hall–Kier alpha value is -2.53. The van der Waals surface area contributed by atoms with Crippen LogP contribution in [0.5, 0.6) is 11.5 Å². The SMILES string of the molecule is COc1ccc(C(=O)NC[C@@H](c2ccc(OC)cc2)N2CCCCCC2)cc1. The van der Waals surface area contributed by atoms with Crippen LogP contribution in [0, 0.1) is 0 Å². The normalized spacial score (nSPS) is 16.1. The maximum Gasteiger partial charge on any atom is 0.251 e. The summed E-state index contributed by atoms with van der Waals surface area (Å²) in [7, 11) is 3.30. The molecule has 5 heteroatoms. The van der Waals surface area contributed by atoms with E-state index in [4.69, 9.17) is 9.47 Å². The minimum Gasteiger partial charge on any atom is -0.497 e. The summed E-state index contributed by atoms with van der Waals surface area (Å²) in [6.45, 7) is 2.71.